The van der Waals surface area contributed by atoms with Crippen LogP contribution in [0.25, 0.3) is 0 Å². The zero-order valence-corrected chi connectivity index (χ0v) is 10.7. The first kappa shape index (κ1) is 13.8. The van der Waals surface area contributed by atoms with Gasteiger partial charge >= 0.3 is 5.97 Å². The van der Waals surface area contributed by atoms with Crippen molar-refractivity contribution in [3.63, 3.8) is 0 Å². The van der Waals surface area contributed by atoms with E-state index in [1.165, 1.54) is 0 Å². The summed E-state index contributed by atoms with van der Waals surface area (Å²) in [6.45, 7) is 6.13. The van der Waals surface area contributed by atoms with E-state index >= 15 is 0 Å². The van der Waals surface area contributed by atoms with Crippen molar-refractivity contribution in [3.05, 3.63) is 23.7 Å². The summed E-state index contributed by atoms with van der Waals surface area (Å²) in [5.41, 5.74) is 5.73. The van der Waals surface area contributed by atoms with Gasteiger partial charge in [-0.3, -0.25) is 4.79 Å². The number of nitrogens with two attached hydrogens (primary N) is 1. The fourth-order valence-corrected chi connectivity index (χ4v) is 1.66. The van der Waals surface area contributed by atoms with Crippen molar-refractivity contribution >= 4 is 5.97 Å². The van der Waals surface area contributed by atoms with Crippen LogP contribution in [0.3, 0.4) is 0 Å². The Hall–Kier alpha value is -1.29. The van der Waals surface area contributed by atoms with Crippen molar-refractivity contribution in [1.29, 1.82) is 0 Å². The van der Waals surface area contributed by atoms with Crippen molar-refractivity contribution in [3.8, 4) is 0 Å². The number of hydrogen-bond donors (Lipinski definition) is 1. The maximum atomic E-state index is 11.3. The molecule has 1 aromatic heterocycles. The van der Waals surface area contributed by atoms with Gasteiger partial charge in [0.1, 0.15) is 17.6 Å². The van der Waals surface area contributed by atoms with E-state index in [9.17, 15) is 4.79 Å². The second-order valence-electron chi connectivity index (χ2n) is 4.29. The predicted octanol–water partition coefficient (Wildman–Crippen LogP) is 2.36. The summed E-state index contributed by atoms with van der Waals surface area (Å²) < 4.78 is 10.4. The highest BCUT2D eigenvalue weighted by Crippen LogP contribution is 2.23. The molecule has 0 spiro atoms. The average molecular weight is 239 g/mol. The van der Waals surface area contributed by atoms with Crippen LogP contribution in [0.2, 0.25) is 0 Å². The molecule has 0 aliphatic carbocycles. The third-order valence-electron chi connectivity index (χ3n) is 2.75. The average Bonchev–Trinajstić information content (AvgIpc) is 2.72. The third-order valence-corrected chi connectivity index (χ3v) is 2.75. The lowest BCUT2D eigenvalue weighted by Crippen LogP contribution is -2.32. The summed E-state index contributed by atoms with van der Waals surface area (Å²) in [6, 6.07) is 3.38. The molecule has 0 radical (unpaired) electrons. The summed E-state index contributed by atoms with van der Waals surface area (Å²) in [5, 5.41) is 0. The lowest BCUT2D eigenvalue weighted by Gasteiger charge is -2.13. The number of carbonyl (C=O) groups excluding carboxylic acids is 1. The molecule has 0 aromatic carbocycles. The Labute approximate surface area is 102 Å². The fraction of sp³-hybridized carbons (Fsp3) is 0.615. The smallest absolute Gasteiger partial charge is 0.322 e. The largest absolute Gasteiger partial charge is 0.466 e. The van der Waals surface area contributed by atoms with Gasteiger partial charge in [0.05, 0.1) is 6.61 Å². The first-order chi connectivity index (χ1) is 8.04. The number of rotatable bonds is 6. The standard InChI is InChI=1S/C13H21NO3/c1-4-16-13(15)11(14)7-5-9(2)12-8-6-10(3)17-12/h6,8-9,11H,4-5,7,14H2,1-3H3. The normalized spacial score (nSPS) is 14.4. The van der Waals surface area contributed by atoms with Crippen molar-refractivity contribution in [2.75, 3.05) is 6.61 Å². The van der Waals surface area contributed by atoms with Crippen LogP contribution >= 0.6 is 0 Å². The fourth-order valence-electron chi connectivity index (χ4n) is 1.66. The zero-order valence-electron chi connectivity index (χ0n) is 10.7. The number of carbonyl (C=O) groups is 1. The van der Waals surface area contributed by atoms with Gasteiger partial charge < -0.3 is 14.9 Å². The van der Waals surface area contributed by atoms with E-state index in [1.807, 2.05) is 19.1 Å². The molecule has 0 bridgehead atoms. The molecular weight excluding hydrogens is 218 g/mol. The summed E-state index contributed by atoms with van der Waals surface area (Å²) in [5.74, 6) is 1.79. The van der Waals surface area contributed by atoms with Crippen LogP contribution in [0.15, 0.2) is 16.5 Å². The molecule has 0 saturated heterocycles. The molecule has 0 amide bonds. The van der Waals surface area contributed by atoms with E-state index in [-0.39, 0.29) is 11.9 Å². The molecule has 4 heteroatoms. The van der Waals surface area contributed by atoms with E-state index in [2.05, 4.69) is 6.92 Å². The molecule has 2 unspecified atom stereocenters. The Bertz CT molecular complexity index is 359. The maximum Gasteiger partial charge on any atom is 0.322 e. The number of aryl methyl sites for hydroxylation is 1. The van der Waals surface area contributed by atoms with Crippen LogP contribution in [-0.4, -0.2) is 18.6 Å². The molecule has 0 fully saturated rings. The molecule has 1 aromatic rings. The minimum absolute atomic E-state index is 0.268. The van der Waals surface area contributed by atoms with Gasteiger partial charge in [-0.25, -0.2) is 0 Å². The van der Waals surface area contributed by atoms with Crippen LogP contribution in [0.5, 0.6) is 0 Å². The van der Waals surface area contributed by atoms with Crippen LogP contribution in [-0.2, 0) is 9.53 Å². The van der Waals surface area contributed by atoms with Crippen LogP contribution in [0.4, 0.5) is 0 Å². The Morgan fingerprint density at radius 1 is 1.47 bits per heavy atom. The molecule has 0 aliphatic rings. The van der Waals surface area contributed by atoms with Gasteiger partial charge in [-0.05, 0) is 38.8 Å². The molecule has 2 N–H and O–H groups in total. The minimum Gasteiger partial charge on any atom is -0.466 e. The van der Waals surface area contributed by atoms with E-state index in [1.54, 1.807) is 6.92 Å². The van der Waals surface area contributed by atoms with Gasteiger partial charge in [0.15, 0.2) is 0 Å². The van der Waals surface area contributed by atoms with Crippen molar-refractivity contribution in [1.82, 2.24) is 0 Å². The van der Waals surface area contributed by atoms with Gasteiger partial charge in [-0.1, -0.05) is 6.92 Å². The van der Waals surface area contributed by atoms with Crippen LogP contribution in [0.1, 0.15) is 44.1 Å². The molecular formula is C13H21NO3. The third kappa shape index (κ3) is 4.23. The van der Waals surface area contributed by atoms with Crippen molar-refractivity contribution in [2.45, 2.75) is 45.6 Å². The molecule has 4 nitrogen and oxygen atoms in total. The lowest BCUT2D eigenvalue weighted by atomic mass is 10.00. The molecule has 0 aliphatic heterocycles. The molecule has 1 heterocycles. The summed E-state index contributed by atoms with van der Waals surface area (Å²) in [6.07, 6.45) is 1.42. The maximum absolute atomic E-state index is 11.3. The number of hydrogen-bond acceptors (Lipinski definition) is 4. The van der Waals surface area contributed by atoms with E-state index in [4.69, 9.17) is 14.9 Å². The van der Waals surface area contributed by atoms with Crippen LogP contribution in [0, 0.1) is 6.92 Å². The highest BCUT2D eigenvalue weighted by atomic mass is 16.5. The molecule has 96 valence electrons. The summed E-state index contributed by atoms with van der Waals surface area (Å²) in [7, 11) is 0. The topological polar surface area (TPSA) is 65.5 Å². The molecule has 17 heavy (non-hydrogen) atoms. The van der Waals surface area contributed by atoms with Gasteiger partial charge in [0.2, 0.25) is 0 Å². The van der Waals surface area contributed by atoms with Gasteiger partial charge in [0, 0.05) is 5.92 Å². The zero-order chi connectivity index (χ0) is 12.8. The SMILES string of the molecule is CCOC(=O)C(N)CCC(C)c1ccc(C)o1. The van der Waals surface area contributed by atoms with Gasteiger partial charge in [0.25, 0.3) is 0 Å². The molecule has 2 atom stereocenters. The van der Waals surface area contributed by atoms with Crippen molar-refractivity contribution in [2.24, 2.45) is 5.73 Å². The first-order valence-corrected chi connectivity index (χ1v) is 6.03. The number of furan rings is 1. The lowest BCUT2D eigenvalue weighted by molar-refractivity contribution is -0.144. The second-order valence-corrected chi connectivity index (χ2v) is 4.29. The first-order valence-electron chi connectivity index (χ1n) is 6.03. The number of esters is 1. The van der Waals surface area contributed by atoms with E-state index in [0.717, 1.165) is 17.9 Å². The van der Waals surface area contributed by atoms with Gasteiger partial charge in [-0.15, -0.1) is 0 Å². The second kappa shape index (κ2) is 6.45. The highest BCUT2D eigenvalue weighted by molar-refractivity contribution is 5.75. The van der Waals surface area contributed by atoms with Gasteiger partial charge in [-0.2, -0.15) is 0 Å². The quantitative estimate of drug-likeness (QED) is 0.774. The molecule has 1 rings (SSSR count). The number of ether oxygens (including phenoxy) is 1. The van der Waals surface area contributed by atoms with Crippen molar-refractivity contribution < 1.29 is 13.9 Å². The predicted molar refractivity (Wildman–Crippen MR) is 65.7 cm³/mol. The van der Waals surface area contributed by atoms with Crippen LogP contribution < -0.4 is 5.73 Å². The highest BCUT2D eigenvalue weighted by Gasteiger charge is 2.17. The molecule has 0 saturated carbocycles. The Balaban J connectivity index is 2.37. The minimum atomic E-state index is -0.534. The summed E-state index contributed by atoms with van der Waals surface area (Å²) in [4.78, 5) is 11.3. The Morgan fingerprint density at radius 3 is 2.71 bits per heavy atom. The monoisotopic (exact) mass is 239 g/mol. The Morgan fingerprint density at radius 2 is 2.18 bits per heavy atom. The summed E-state index contributed by atoms with van der Waals surface area (Å²) >= 11 is 0. The Kier molecular flexibility index (Phi) is 5.22. The van der Waals surface area contributed by atoms with E-state index in [0.29, 0.717) is 13.0 Å². The van der Waals surface area contributed by atoms with E-state index < -0.39 is 6.04 Å².